The van der Waals surface area contributed by atoms with Crippen molar-refractivity contribution in [3.05, 3.63) is 59.7 Å². The summed E-state index contributed by atoms with van der Waals surface area (Å²) in [7, 11) is 1.88. The molecule has 0 spiro atoms. The van der Waals surface area contributed by atoms with Gasteiger partial charge in [-0.3, -0.25) is 4.98 Å². The summed E-state index contributed by atoms with van der Waals surface area (Å²) in [5.41, 5.74) is 4.39. The van der Waals surface area contributed by atoms with Crippen LogP contribution >= 0.6 is 0 Å². The molecule has 2 heterocycles. The van der Waals surface area contributed by atoms with Gasteiger partial charge in [0.2, 0.25) is 0 Å². The Balaban J connectivity index is 2.06. The van der Waals surface area contributed by atoms with E-state index in [0.29, 0.717) is 0 Å². The van der Waals surface area contributed by atoms with E-state index in [4.69, 9.17) is 0 Å². The fourth-order valence-corrected chi connectivity index (χ4v) is 2.41. The fraction of sp³-hybridized carbons (Fsp3) is 0.188. The molecule has 0 saturated heterocycles. The van der Waals surface area contributed by atoms with Crippen LogP contribution in [0, 0.1) is 6.92 Å². The molecule has 0 aliphatic heterocycles. The van der Waals surface area contributed by atoms with Gasteiger partial charge in [0.15, 0.2) is 0 Å². The van der Waals surface area contributed by atoms with E-state index < -0.39 is 0 Å². The lowest BCUT2D eigenvalue weighted by Gasteiger charge is -2.10. The number of aromatic nitrogens is 3. The normalized spacial score (nSPS) is 10.7. The number of nitrogens with one attached hydrogen (secondary N) is 1. The second-order valence-electron chi connectivity index (χ2n) is 4.71. The van der Waals surface area contributed by atoms with Gasteiger partial charge in [0.25, 0.3) is 0 Å². The number of hydrogen-bond acceptors (Lipinski definition) is 4. The van der Waals surface area contributed by atoms with Crippen molar-refractivity contribution in [2.24, 2.45) is 0 Å². The van der Waals surface area contributed by atoms with Crippen LogP contribution in [0.4, 0.5) is 5.82 Å². The molecular weight excluding hydrogens is 248 g/mol. The van der Waals surface area contributed by atoms with E-state index in [-0.39, 0.29) is 0 Å². The first kappa shape index (κ1) is 12.5. The lowest BCUT2D eigenvalue weighted by Crippen LogP contribution is -2.03. The monoisotopic (exact) mass is 264 g/mol. The summed E-state index contributed by atoms with van der Waals surface area (Å²) >= 11 is 0. The molecule has 0 aliphatic carbocycles. The summed E-state index contributed by atoms with van der Waals surface area (Å²) in [4.78, 5) is 13.0. The minimum Gasteiger partial charge on any atom is -0.373 e. The Hall–Kier alpha value is -2.49. The lowest BCUT2D eigenvalue weighted by molar-refractivity contribution is 0.999. The smallest absolute Gasteiger partial charge is 0.132 e. The highest BCUT2D eigenvalue weighted by Gasteiger charge is 2.08. The van der Waals surface area contributed by atoms with Crippen molar-refractivity contribution in [3.63, 3.8) is 0 Å². The molecular formula is C16H16N4. The first-order chi connectivity index (χ1) is 9.79. The average Bonchev–Trinajstić information content (AvgIpc) is 2.50. The summed E-state index contributed by atoms with van der Waals surface area (Å²) in [6, 6.07) is 10.2. The Morgan fingerprint density at radius 2 is 1.90 bits per heavy atom. The van der Waals surface area contributed by atoms with E-state index in [1.54, 1.807) is 6.33 Å². The lowest BCUT2D eigenvalue weighted by atomic mass is 10.0. The summed E-state index contributed by atoms with van der Waals surface area (Å²) in [5, 5.41) is 4.27. The maximum atomic E-state index is 4.42. The number of rotatable bonds is 3. The molecule has 0 bridgehead atoms. The van der Waals surface area contributed by atoms with E-state index in [1.165, 1.54) is 10.9 Å². The summed E-state index contributed by atoms with van der Waals surface area (Å²) in [5.74, 6) is 0.883. The van der Waals surface area contributed by atoms with Crippen LogP contribution in [-0.4, -0.2) is 22.0 Å². The molecule has 100 valence electrons. The maximum absolute atomic E-state index is 4.42. The predicted octanol–water partition coefficient (Wildman–Crippen LogP) is 2.97. The standard InChI is InChI=1S/C16H16N4/c1-11-15(19-10-20-16(11)17-2)9-12-7-8-18-14-6-4-3-5-13(12)14/h3-8,10H,9H2,1-2H3,(H,17,19,20). The van der Waals surface area contributed by atoms with Crippen LogP contribution in [0.2, 0.25) is 0 Å². The first-order valence-corrected chi connectivity index (χ1v) is 6.60. The van der Waals surface area contributed by atoms with E-state index in [1.807, 2.05) is 38.4 Å². The van der Waals surface area contributed by atoms with E-state index in [9.17, 15) is 0 Å². The Morgan fingerprint density at radius 1 is 1.05 bits per heavy atom. The second-order valence-corrected chi connectivity index (χ2v) is 4.71. The minimum atomic E-state index is 0.784. The third kappa shape index (κ3) is 2.20. The van der Waals surface area contributed by atoms with Gasteiger partial charge in [-0.2, -0.15) is 0 Å². The highest BCUT2D eigenvalue weighted by molar-refractivity contribution is 5.82. The zero-order chi connectivity index (χ0) is 13.9. The molecule has 0 amide bonds. The van der Waals surface area contributed by atoms with Crippen molar-refractivity contribution >= 4 is 16.7 Å². The number of nitrogens with zero attached hydrogens (tertiary/aromatic N) is 3. The topological polar surface area (TPSA) is 50.7 Å². The predicted molar refractivity (Wildman–Crippen MR) is 80.9 cm³/mol. The van der Waals surface area contributed by atoms with Gasteiger partial charge in [0.05, 0.1) is 11.2 Å². The Kier molecular flexibility index (Phi) is 3.29. The van der Waals surface area contributed by atoms with Crippen LogP contribution in [-0.2, 0) is 6.42 Å². The Morgan fingerprint density at radius 3 is 2.75 bits per heavy atom. The molecule has 0 unspecified atom stereocenters. The number of para-hydroxylation sites is 1. The Bertz CT molecular complexity index is 747. The van der Waals surface area contributed by atoms with Gasteiger partial charge in [0, 0.05) is 30.6 Å². The maximum Gasteiger partial charge on any atom is 0.132 e. The zero-order valence-electron chi connectivity index (χ0n) is 11.6. The summed E-state index contributed by atoms with van der Waals surface area (Å²) < 4.78 is 0. The SMILES string of the molecule is CNc1ncnc(Cc2ccnc3ccccc23)c1C. The molecule has 3 aromatic rings. The first-order valence-electron chi connectivity index (χ1n) is 6.60. The third-order valence-corrected chi connectivity index (χ3v) is 3.52. The number of fused-ring (bicyclic) bond motifs is 1. The average molecular weight is 264 g/mol. The van der Waals surface area contributed by atoms with Crippen LogP contribution in [0.15, 0.2) is 42.9 Å². The van der Waals surface area contributed by atoms with Crippen molar-refractivity contribution in [3.8, 4) is 0 Å². The quantitative estimate of drug-likeness (QED) is 0.790. The molecule has 0 saturated carbocycles. The Labute approximate surface area is 117 Å². The van der Waals surface area contributed by atoms with Crippen LogP contribution < -0.4 is 5.32 Å². The summed E-state index contributed by atoms with van der Waals surface area (Å²) in [6.07, 6.45) is 4.25. The number of pyridine rings is 1. The van der Waals surface area contributed by atoms with Crippen molar-refractivity contribution in [2.75, 3.05) is 12.4 Å². The molecule has 3 rings (SSSR count). The molecule has 20 heavy (non-hydrogen) atoms. The minimum absolute atomic E-state index is 0.784. The number of anilines is 1. The van der Waals surface area contributed by atoms with E-state index in [0.717, 1.165) is 29.0 Å². The van der Waals surface area contributed by atoms with Crippen LogP contribution in [0.3, 0.4) is 0 Å². The molecule has 0 radical (unpaired) electrons. The zero-order valence-corrected chi connectivity index (χ0v) is 11.6. The van der Waals surface area contributed by atoms with Crippen LogP contribution in [0.1, 0.15) is 16.8 Å². The molecule has 1 N–H and O–H groups in total. The van der Waals surface area contributed by atoms with Gasteiger partial charge >= 0.3 is 0 Å². The largest absolute Gasteiger partial charge is 0.373 e. The van der Waals surface area contributed by atoms with Crippen molar-refractivity contribution in [2.45, 2.75) is 13.3 Å². The van der Waals surface area contributed by atoms with Crippen molar-refractivity contribution < 1.29 is 0 Å². The van der Waals surface area contributed by atoms with E-state index in [2.05, 4.69) is 32.4 Å². The molecule has 4 heteroatoms. The molecule has 2 aromatic heterocycles. The molecule has 0 fully saturated rings. The van der Waals surface area contributed by atoms with Gasteiger partial charge in [-0.05, 0) is 24.6 Å². The molecule has 4 nitrogen and oxygen atoms in total. The third-order valence-electron chi connectivity index (χ3n) is 3.52. The molecule has 1 aromatic carbocycles. The number of benzene rings is 1. The highest BCUT2D eigenvalue weighted by atomic mass is 15.0. The van der Waals surface area contributed by atoms with Gasteiger partial charge in [0.1, 0.15) is 12.1 Å². The van der Waals surface area contributed by atoms with Gasteiger partial charge in [-0.15, -0.1) is 0 Å². The van der Waals surface area contributed by atoms with Gasteiger partial charge < -0.3 is 5.32 Å². The van der Waals surface area contributed by atoms with Crippen LogP contribution in [0.25, 0.3) is 10.9 Å². The van der Waals surface area contributed by atoms with Gasteiger partial charge in [-0.25, -0.2) is 9.97 Å². The number of hydrogen-bond donors (Lipinski definition) is 1. The summed E-state index contributed by atoms with van der Waals surface area (Å²) in [6.45, 7) is 2.05. The second kappa shape index (κ2) is 5.25. The van der Waals surface area contributed by atoms with Crippen molar-refractivity contribution in [1.82, 2.24) is 15.0 Å². The highest BCUT2D eigenvalue weighted by Crippen LogP contribution is 2.21. The van der Waals surface area contributed by atoms with Crippen molar-refractivity contribution in [1.29, 1.82) is 0 Å². The van der Waals surface area contributed by atoms with Crippen LogP contribution in [0.5, 0.6) is 0 Å². The van der Waals surface area contributed by atoms with E-state index >= 15 is 0 Å². The van der Waals surface area contributed by atoms with Gasteiger partial charge in [-0.1, -0.05) is 18.2 Å². The molecule has 0 atom stereocenters. The fourth-order valence-electron chi connectivity index (χ4n) is 2.41. The molecule has 0 aliphatic rings.